The Labute approximate surface area is 144 Å². The molecule has 0 aromatic heterocycles. The maximum Gasteiger partial charge on any atom is 0.315 e. The van der Waals surface area contributed by atoms with Gasteiger partial charge in [-0.05, 0) is 45.7 Å². The van der Waals surface area contributed by atoms with Crippen LogP contribution in [0.15, 0.2) is 30.3 Å². The Balaban J connectivity index is 1.45. The molecule has 1 aromatic rings. The molecule has 2 bridgehead atoms. The van der Waals surface area contributed by atoms with Gasteiger partial charge >= 0.3 is 6.03 Å². The molecule has 2 N–H and O–H groups in total. The van der Waals surface area contributed by atoms with E-state index in [-0.39, 0.29) is 23.7 Å². The minimum atomic E-state index is -0.300. The number of benzene rings is 1. The summed E-state index contributed by atoms with van der Waals surface area (Å²) in [6.45, 7) is 5.77. The topological polar surface area (TPSA) is 53.6 Å². The molecular formula is C19H29N3O2. The number of nitrogens with one attached hydrogen (secondary N) is 2. The molecule has 3 atom stereocenters. The first-order valence-corrected chi connectivity index (χ1v) is 8.88. The van der Waals surface area contributed by atoms with Crippen molar-refractivity contribution in [2.24, 2.45) is 0 Å². The van der Waals surface area contributed by atoms with Crippen molar-refractivity contribution < 1.29 is 9.53 Å². The predicted octanol–water partition coefficient (Wildman–Crippen LogP) is 2.52. The Morgan fingerprint density at radius 2 is 2.04 bits per heavy atom. The van der Waals surface area contributed by atoms with Gasteiger partial charge in [-0.1, -0.05) is 30.3 Å². The molecule has 2 heterocycles. The molecule has 0 radical (unpaired) electrons. The van der Waals surface area contributed by atoms with Crippen LogP contribution in [0.3, 0.4) is 0 Å². The van der Waals surface area contributed by atoms with Crippen LogP contribution < -0.4 is 10.6 Å². The Morgan fingerprint density at radius 3 is 2.67 bits per heavy atom. The standard InChI is InChI=1S/C19H29N3O2/c1-19(2,13-22(3)12-14-7-5-4-6-8-14)21-18(23)20-16-11-15-9-10-17(16)24-15/h4-8,15-17H,9-13H2,1-3H3,(H2,20,21,23)/t15-,16+,17-/m0/s1. The van der Waals surface area contributed by atoms with Crippen LogP contribution in [0, 0.1) is 0 Å². The molecule has 2 amide bonds. The molecule has 0 aliphatic carbocycles. The van der Waals surface area contributed by atoms with Gasteiger partial charge in [0.15, 0.2) is 0 Å². The van der Waals surface area contributed by atoms with E-state index in [2.05, 4.69) is 60.7 Å². The van der Waals surface area contributed by atoms with E-state index in [1.807, 2.05) is 6.07 Å². The predicted molar refractivity (Wildman–Crippen MR) is 94.8 cm³/mol. The average Bonchev–Trinajstić information content (AvgIpc) is 3.09. The number of hydrogen-bond acceptors (Lipinski definition) is 3. The summed E-state index contributed by atoms with van der Waals surface area (Å²) in [5.74, 6) is 0. The number of urea groups is 1. The lowest BCUT2D eigenvalue weighted by Crippen LogP contribution is -2.56. The molecule has 5 nitrogen and oxygen atoms in total. The van der Waals surface area contributed by atoms with Crippen LogP contribution in [0.1, 0.15) is 38.7 Å². The largest absolute Gasteiger partial charge is 0.373 e. The lowest BCUT2D eigenvalue weighted by molar-refractivity contribution is 0.0978. The second-order valence-electron chi connectivity index (χ2n) is 7.86. The van der Waals surface area contributed by atoms with Crippen molar-refractivity contribution in [1.82, 2.24) is 15.5 Å². The number of hydrogen-bond donors (Lipinski definition) is 2. The van der Waals surface area contributed by atoms with Crippen molar-refractivity contribution in [1.29, 1.82) is 0 Å². The first kappa shape index (κ1) is 17.2. The van der Waals surface area contributed by atoms with Gasteiger partial charge < -0.3 is 15.4 Å². The average molecular weight is 331 g/mol. The molecule has 2 aliphatic heterocycles. The quantitative estimate of drug-likeness (QED) is 0.842. The van der Waals surface area contributed by atoms with Crippen LogP contribution in [0.25, 0.3) is 0 Å². The van der Waals surface area contributed by atoms with E-state index in [9.17, 15) is 4.79 Å². The van der Waals surface area contributed by atoms with Gasteiger partial charge in [0.1, 0.15) is 0 Å². The normalized spacial score (nSPS) is 25.9. The fraction of sp³-hybridized carbons (Fsp3) is 0.632. The van der Waals surface area contributed by atoms with Crippen LogP contribution in [-0.4, -0.2) is 48.3 Å². The summed E-state index contributed by atoms with van der Waals surface area (Å²) in [7, 11) is 2.08. The van der Waals surface area contributed by atoms with Gasteiger partial charge in [-0.15, -0.1) is 0 Å². The van der Waals surface area contributed by atoms with Gasteiger partial charge in [0.25, 0.3) is 0 Å². The first-order chi connectivity index (χ1) is 11.4. The molecule has 5 heteroatoms. The fourth-order valence-electron chi connectivity index (χ4n) is 3.97. The molecular weight excluding hydrogens is 302 g/mol. The summed E-state index contributed by atoms with van der Waals surface area (Å²) < 4.78 is 5.80. The second kappa shape index (κ2) is 7.11. The molecule has 0 saturated carbocycles. The van der Waals surface area contributed by atoms with Crippen molar-refractivity contribution in [3.05, 3.63) is 35.9 Å². The van der Waals surface area contributed by atoms with E-state index in [1.165, 1.54) is 5.56 Å². The fourth-order valence-corrected chi connectivity index (χ4v) is 3.97. The SMILES string of the molecule is CN(Cc1ccccc1)CC(C)(C)NC(=O)N[C@@H]1C[C@@H]2CC[C@@H]1O2. The molecule has 3 rings (SSSR count). The number of nitrogens with zero attached hydrogens (tertiary/aromatic N) is 1. The highest BCUT2D eigenvalue weighted by atomic mass is 16.5. The molecule has 1 aromatic carbocycles. The van der Waals surface area contributed by atoms with Gasteiger partial charge in [0.2, 0.25) is 0 Å². The highest BCUT2D eigenvalue weighted by Gasteiger charge is 2.41. The summed E-state index contributed by atoms with van der Waals surface area (Å²) in [6, 6.07) is 10.5. The number of likely N-dealkylation sites (N-methyl/N-ethyl adjacent to an activating group) is 1. The van der Waals surface area contributed by atoms with Crippen LogP contribution in [0.2, 0.25) is 0 Å². The summed E-state index contributed by atoms with van der Waals surface area (Å²) >= 11 is 0. The molecule has 132 valence electrons. The van der Waals surface area contributed by atoms with Gasteiger partial charge in [0, 0.05) is 18.6 Å². The lowest BCUT2D eigenvalue weighted by Gasteiger charge is -2.32. The zero-order valence-electron chi connectivity index (χ0n) is 14.9. The minimum Gasteiger partial charge on any atom is -0.373 e. The van der Waals surface area contributed by atoms with Gasteiger partial charge in [-0.3, -0.25) is 4.90 Å². The highest BCUT2D eigenvalue weighted by molar-refractivity contribution is 5.75. The Morgan fingerprint density at radius 1 is 1.29 bits per heavy atom. The smallest absolute Gasteiger partial charge is 0.315 e. The van der Waals surface area contributed by atoms with Crippen molar-refractivity contribution in [2.75, 3.05) is 13.6 Å². The third-order valence-corrected chi connectivity index (χ3v) is 4.83. The van der Waals surface area contributed by atoms with E-state index in [0.29, 0.717) is 6.10 Å². The van der Waals surface area contributed by atoms with Crippen molar-refractivity contribution >= 4 is 6.03 Å². The van der Waals surface area contributed by atoms with Crippen LogP contribution in [-0.2, 0) is 11.3 Å². The Bertz CT molecular complexity index is 561. The molecule has 0 unspecified atom stereocenters. The maximum absolute atomic E-state index is 12.3. The van der Waals surface area contributed by atoms with Gasteiger partial charge in [-0.2, -0.15) is 0 Å². The maximum atomic E-state index is 12.3. The summed E-state index contributed by atoms with van der Waals surface area (Å²) in [5.41, 5.74) is 0.978. The minimum absolute atomic E-state index is 0.0886. The van der Waals surface area contributed by atoms with Gasteiger partial charge in [0.05, 0.1) is 18.2 Å². The van der Waals surface area contributed by atoms with E-state index in [1.54, 1.807) is 0 Å². The van der Waals surface area contributed by atoms with Crippen LogP contribution in [0.5, 0.6) is 0 Å². The number of carbonyl (C=O) groups is 1. The lowest BCUT2D eigenvalue weighted by atomic mass is 9.95. The molecule has 2 aliphatic rings. The van der Waals surface area contributed by atoms with E-state index in [0.717, 1.165) is 32.4 Å². The first-order valence-electron chi connectivity index (χ1n) is 8.88. The summed E-state index contributed by atoms with van der Waals surface area (Å²) in [5, 5.41) is 6.21. The number of ether oxygens (including phenoxy) is 1. The third kappa shape index (κ3) is 4.48. The molecule has 0 spiro atoms. The highest BCUT2D eigenvalue weighted by Crippen LogP contribution is 2.34. The Hall–Kier alpha value is -1.59. The monoisotopic (exact) mass is 331 g/mol. The number of amides is 2. The summed E-state index contributed by atoms with van der Waals surface area (Å²) in [6.07, 6.45) is 3.72. The number of rotatable bonds is 6. The van der Waals surface area contributed by atoms with E-state index >= 15 is 0 Å². The van der Waals surface area contributed by atoms with E-state index < -0.39 is 0 Å². The molecule has 2 saturated heterocycles. The zero-order valence-corrected chi connectivity index (χ0v) is 14.9. The molecule has 2 fully saturated rings. The molecule has 24 heavy (non-hydrogen) atoms. The van der Waals surface area contributed by atoms with Crippen molar-refractivity contribution in [3.63, 3.8) is 0 Å². The van der Waals surface area contributed by atoms with Crippen LogP contribution in [0.4, 0.5) is 4.79 Å². The third-order valence-electron chi connectivity index (χ3n) is 4.83. The summed E-state index contributed by atoms with van der Waals surface area (Å²) in [4.78, 5) is 14.6. The zero-order chi connectivity index (χ0) is 17.2. The number of carbonyl (C=O) groups excluding carboxylic acids is 1. The van der Waals surface area contributed by atoms with Crippen molar-refractivity contribution in [3.8, 4) is 0 Å². The van der Waals surface area contributed by atoms with Crippen LogP contribution >= 0.6 is 0 Å². The Kier molecular flexibility index (Phi) is 5.11. The number of fused-ring (bicyclic) bond motifs is 2. The van der Waals surface area contributed by atoms with Crippen molar-refractivity contribution in [2.45, 2.75) is 63.4 Å². The second-order valence-corrected chi connectivity index (χ2v) is 7.86. The van der Waals surface area contributed by atoms with E-state index in [4.69, 9.17) is 4.74 Å². The van der Waals surface area contributed by atoms with Gasteiger partial charge in [-0.25, -0.2) is 4.79 Å².